The zero-order chi connectivity index (χ0) is 9.42. The molecule has 0 aliphatic heterocycles. The van der Waals surface area contributed by atoms with Crippen molar-refractivity contribution in [2.45, 2.75) is 19.8 Å². The number of hydrogen-bond donors (Lipinski definition) is 0. The summed E-state index contributed by atoms with van der Waals surface area (Å²) in [5.41, 5.74) is 2.57. The minimum Gasteiger partial charge on any atom is -0.290 e. The summed E-state index contributed by atoms with van der Waals surface area (Å²) in [6, 6.07) is 0. The lowest BCUT2D eigenvalue weighted by Gasteiger charge is -2.18. The van der Waals surface area contributed by atoms with E-state index in [4.69, 9.17) is 0 Å². The van der Waals surface area contributed by atoms with E-state index in [0.29, 0.717) is 24.0 Å². The third-order valence-corrected chi connectivity index (χ3v) is 2.46. The Bertz CT molecular complexity index is 381. The highest BCUT2D eigenvalue weighted by Gasteiger charge is 2.23. The standard InChI is InChI=1S/C11H10O2/c1-7-2-3-8-9(6-7)11(13)5-4-10(8)12/h2,4-5H,3,6H2,1H3. The van der Waals surface area contributed by atoms with Crippen LogP contribution in [0.2, 0.25) is 0 Å². The molecule has 0 saturated carbocycles. The van der Waals surface area contributed by atoms with Crippen LogP contribution < -0.4 is 0 Å². The molecule has 0 spiro atoms. The number of carbonyl (C=O) groups excluding carboxylic acids is 2. The Labute approximate surface area is 76.6 Å². The van der Waals surface area contributed by atoms with Crippen LogP contribution in [0.4, 0.5) is 0 Å². The first-order chi connectivity index (χ1) is 6.18. The van der Waals surface area contributed by atoms with Gasteiger partial charge in [0.05, 0.1) is 0 Å². The first kappa shape index (κ1) is 8.17. The Kier molecular flexibility index (Phi) is 1.76. The van der Waals surface area contributed by atoms with Crippen molar-refractivity contribution in [3.8, 4) is 0 Å². The number of ketones is 2. The number of allylic oxidation sites excluding steroid dienone is 6. The largest absolute Gasteiger partial charge is 0.290 e. The van der Waals surface area contributed by atoms with Crippen molar-refractivity contribution in [3.63, 3.8) is 0 Å². The van der Waals surface area contributed by atoms with E-state index in [0.717, 1.165) is 0 Å². The van der Waals surface area contributed by atoms with Gasteiger partial charge in [0.15, 0.2) is 11.6 Å². The fourth-order valence-electron chi connectivity index (χ4n) is 1.69. The predicted molar refractivity (Wildman–Crippen MR) is 49.2 cm³/mol. The monoisotopic (exact) mass is 174 g/mol. The maximum Gasteiger partial charge on any atom is 0.182 e. The topological polar surface area (TPSA) is 34.1 Å². The van der Waals surface area contributed by atoms with E-state index in [9.17, 15) is 9.59 Å². The fraction of sp³-hybridized carbons (Fsp3) is 0.273. The van der Waals surface area contributed by atoms with Crippen LogP contribution in [0.3, 0.4) is 0 Å². The molecular weight excluding hydrogens is 164 g/mol. The van der Waals surface area contributed by atoms with Gasteiger partial charge in [0.2, 0.25) is 0 Å². The molecule has 0 fully saturated rings. The lowest BCUT2D eigenvalue weighted by Crippen LogP contribution is -2.16. The summed E-state index contributed by atoms with van der Waals surface area (Å²) < 4.78 is 0. The highest BCUT2D eigenvalue weighted by atomic mass is 16.1. The van der Waals surface area contributed by atoms with E-state index >= 15 is 0 Å². The molecular formula is C11H10O2. The van der Waals surface area contributed by atoms with Crippen molar-refractivity contribution in [3.05, 3.63) is 34.9 Å². The highest BCUT2D eigenvalue weighted by Crippen LogP contribution is 2.28. The van der Waals surface area contributed by atoms with E-state index < -0.39 is 0 Å². The van der Waals surface area contributed by atoms with Gasteiger partial charge in [0.1, 0.15) is 0 Å². The summed E-state index contributed by atoms with van der Waals surface area (Å²) >= 11 is 0. The van der Waals surface area contributed by atoms with Crippen LogP contribution in [-0.2, 0) is 9.59 Å². The van der Waals surface area contributed by atoms with Crippen molar-refractivity contribution in [2.75, 3.05) is 0 Å². The minimum absolute atomic E-state index is 0.00153. The zero-order valence-electron chi connectivity index (χ0n) is 7.46. The number of carbonyl (C=O) groups is 2. The molecule has 13 heavy (non-hydrogen) atoms. The molecule has 0 radical (unpaired) electrons. The van der Waals surface area contributed by atoms with Crippen molar-refractivity contribution < 1.29 is 9.59 Å². The molecule has 0 unspecified atom stereocenters. The van der Waals surface area contributed by atoms with E-state index in [-0.39, 0.29) is 11.6 Å². The summed E-state index contributed by atoms with van der Waals surface area (Å²) in [6.07, 6.45) is 6.03. The van der Waals surface area contributed by atoms with Gasteiger partial charge in [-0.2, -0.15) is 0 Å². The molecule has 2 heteroatoms. The smallest absolute Gasteiger partial charge is 0.182 e. The first-order valence-electron chi connectivity index (χ1n) is 4.33. The average molecular weight is 174 g/mol. The zero-order valence-corrected chi connectivity index (χ0v) is 7.46. The molecule has 0 heterocycles. The van der Waals surface area contributed by atoms with Gasteiger partial charge in [-0.3, -0.25) is 9.59 Å². The molecule has 0 aromatic carbocycles. The highest BCUT2D eigenvalue weighted by molar-refractivity contribution is 6.20. The molecule has 0 amide bonds. The lowest BCUT2D eigenvalue weighted by atomic mass is 9.84. The Hall–Kier alpha value is -1.44. The summed E-state index contributed by atoms with van der Waals surface area (Å²) in [4.78, 5) is 22.8. The minimum atomic E-state index is -0.00153. The molecule has 0 atom stereocenters. The fourth-order valence-corrected chi connectivity index (χ4v) is 1.69. The quantitative estimate of drug-likeness (QED) is 0.414. The normalized spacial score (nSPS) is 21.8. The molecule has 0 N–H and O–H groups in total. The van der Waals surface area contributed by atoms with Crippen molar-refractivity contribution in [1.82, 2.24) is 0 Å². The van der Waals surface area contributed by atoms with Gasteiger partial charge in [-0.1, -0.05) is 11.6 Å². The van der Waals surface area contributed by atoms with Crippen molar-refractivity contribution in [1.29, 1.82) is 0 Å². The predicted octanol–water partition coefficient (Wildman–Crippen LogP) is 1.73. The lowest BCUT2D eigenvalue weighted by molar-refractivity contribution is -0.115. The van der Waals surface area contributed by atoms with Crippen LogP contribution in [0.25, 0.3) is 0 Å². The average Bonchev–Trinajstić information content (AvgIpc) is 2.12. The van der Waals surface area contributed by atoms with Gasteiger partial charge < -0.3 is 0 Å². The van der Waals surface area contributed by atoms with E-state index in [1.165, 1.54) is 17.7 Å². The van der Waals surface area contributed by atoms with Crippen LogP contribution in [0.5, 0.6) is 0 Å². The van der Waals surface area contributed by atoms with Crippen LogP contribution >= 0.6 is 0 Å². The van der Waals surface area contributed by atoms with Crippen molar-refractivity contribution >= 4 is 11.6 Å². The van der Waals surface area contributed by atoms with Gasteiger partial charge in [-0.15, -0.1) is 0 Å². The third kappa shape index (κ3) is 1.28. The Morgan fingerprint density at radius 1 is 1.08 bits per heavy atom. The van der Waals surface area contributed by atoms with Crippen LogP contribution in [0.1, 0.15) is 19.8 Å². The van der Waals surface area contributed by atoms with E-state index in [1.54, 1.807) is 0 Å². The summed E-state index contributed by atoms with van der Waals surface area (Å²) in [7, 11) is 0. The second-order valence-corrected chi connectivity index (χ2v) is 3.45. The van der Waals surface area contributed by atoms with Gasteiger partial charge in [-0.25, -0.2) is 0 Å². The van der Waals surface area contributed by atoms with Crippen LogP contribution in [0.15, 0.2) is 34.9 Å². The summed E-state index contributed by atoms with van der Waals surface area (Å²) in [6.45, 7) is 1.99. The summed E-state index contributed by atoms with van der Waals surface area (Å²) in [5.74, 6) is 0.000370. The summed E-state index contributed by atoms with van der Waals surface area (Å²) in [5, 5.41) is 0. The maximum absolute atomic E-state index is 11.4. The van der Waals surface area contributed by atoms with Crippen LogP contribution in [-0.4, -0.2) is 11.6 Å². The molecule has 2 aliphatic rings. The molecule has 0 bridgehead atoms. The van der Waals surface area contributed by atoms with Gasteiger partial charge >= 0.3 is 0 Å². The van der Waals surface area contributed by atoms with Crippen LogP contribution in [0, 0.1) is 0 Å². The first-order valence-corrected chi connectivity index (χ1v) is 4.33. The molecule has 2 rings (SSSR count). The Morgan fingerprint density at radius 3 is 2.38 bits per heavy atom. The Morgan fingerprint density at radius 2 is 1.69 bits per heavy atom. The van der Waals surface area contributed by atoms with Gasteiger partial charge in [0, 0.05) is 11.1 Å². The van der Waals surface area contributed by atoms with Gasteiger partial charge in [-0.05, 0) is 31.9 Å². The molecule has 0 aromatic heterocycles. The maximum atomic E-state index is 11.4. The van der Waals surface area contributed by atoms with E-state index in [2.05, 4.69) is 0 Å². The van der Waals surface area contributed by atoms with E-state index in [1.807, 2.05) is 13.0 Å². The van der Waals surface area contributed by atoms with Crippen molar-refractivity contribution in [2.24, 2.45) is 0 Å². The molecule has 2 nitrogen and oxygen atoms in total. The molecule has 2 aliphatic carbocycles. The number of rotatable bonds is 0. The molecule has 0 aromatic rings. The number of hydrogen-bond acceptors (Lipinski definition) is 2. The second kappa shape index (κ2) is 2.80. The molecule has 0 saturated heterocycles. The van der Waals surface area contributed by atoms with Gasteiger partial charge in [0.25, 0.3) is 0 Å². The SMILES string of the molecule is CC1=CCC2=C(C1)C(=O)C=CC2=O. The third-order valence-electron chi connectivity index (χ3n) is 2.46. The molecule has 66 valence electrons. The Balaban J connectivity index is 2.41. The second-order valence-electron chi connectivity index (χ2n) is 3.45.